The van der Waals surface area contributed by atoms with E-state index in [1.165, 1.54) is 0 Å². The van der Waals surface area contributed by atoms with Crippen LogP contribution in [0.1, 0.15) is 30.3 Å². The Kier molecular flexibility index (Phi) is 3.96. The molecule has 0 bridgehead atoms. The second kappa shape index (κ2) is 6.13. The number of nitrogens with zero attached hydrogens (tertiary/aromatic N) is 3. The monoisotopic (exact) mass is 345 g/mol. The molecule has 0 radical (unpaired) electrons. The number of amides is 1. The molecule has 24 heavy (non-hydrogen) atoms. The number of hydrogen-bond donors (Lipinski definition) is 0. The van der Waals surface area contributed by atoms with Gasteiger partial charge in [0, 0.05) is 36.9 Å². The molecule has 4 rings (SSSR count). The number of carbonyl (C=O) groups is 1. The van der Waals surface area contributed by atoms with Crippen LogP contribution < -0.4 is 4.74 Å². The Balaban J connectivity index is 1.46. The maximum Gasteiger partial charge on any atom is 0.264 e. The minimum absolute atomic E-state index is 0.0739. The van der Waals surface area contributed by atoms with Crippen LogP contribution >= 0.6 is 11.6 Å². The van der Waals surface area contributed by atoms with Crippen LogP contribution in [0.4, 0.5) is 0 Å². The Morgan fingerprint density at radius 2 is 2.29 bits per heavy atom. The first-order chi connectivity index (χ1) is 11.6. The SMILES string of the molecule is Cc1nccn1[C@@H]1CCCN(C(=O)[C@@H]2Cc3cc(Cl)ccc3O2)C1. The van der Waals surface area contributed by atoms with Gasteiger partial charge < -0.3 is 14.2 Å². The van der Waals surface area contributed by atoms with E-state index in [0.717, 1.165) is 36.5 Å². The highest BCUT2D eigenvalue weighted by molar-refractivity contribution is 6.30. The van der Waals surface area contributed by atoms with Crippen LogP contribution in [0.5, 0.6) is 5.75 Å². The molecule has 0 aliphatic carbocycles. The zero-order valence-electron chi connectivity index (χ0n) is 13.6. The van der Waals surface area contributed by atoms with Crippen LogP contribution in [0.25, 0.3) is 0 Å². The van der Waals surface area contributed by atoms with Crippen molar-refractivity contribution in [3.05, 3.63) is 47.0 Å². The molecule has 1 aromatic carbocycles. The zero-order chi connectivity index (χ0) is 16.7. The van der Waals surface area contributed by atoms with Gasteiger partial charge in [-0.3, -0.25) is 4.79 Å². The van der Waals surface area contributed by atoms with E-state index in [-0.39, 0.29) is 5.91 Å². The van der Waals surface area contributed by atoms with Crippen molar-refractivity contribution in [1.82, 2.24) is 14.5 Å². The highest BCUT2D eigenvalue weighted by Crippen LogP contribution is 2.32. The van der Waals surface area contributed by atoms with Crippen LogP contribution in [0, 0.1) is 6.92 Å². The summed E-state index contributed by atoms with van der Waals surface area (Å²) in [5.74, 6) is 1.84. The molecule has 2 atom stereocenters. The number of halogens is 1. The predicted molar refractivity (Wildman–Crippen MR) is 91.4 cm³/mol. The van der Waals surface area contributed by atoms with E-state index in [1.807, 2.05) is 36.4 Å². The second-order valence-electron chi connectivity index (χ2n) is 6.52. The highest BCUT2D eigenvalue weighted by atomic mass is 35.5. The average Bonchev–Trinajstić information content (AvgIpc) is 3.20. The van der Waals surface area contributed by atoms with Crippen molar-refractivity contribution in [3.8, 4) is 5.75 Å². The van der Waals surface area contributed by atoms with Crippen LogP contribution in [0.3, 0.4) is 0 Å². The van der Waals surface area contributed by atoms with Gasteiger partial charge in [-0.1, -0.05) is 11.6 Å². The summed E-state index contributed by atoms with van der Waals surface area (Å²) < 4.78 is 8.03. The molecule has 1 amide bonds. The van der Waals surface area contributed by atoms with Crippen molar-refractivity contribution in [1.29, 1.82) is 0 Å². The number of aromatic nitrogens is 2. The molecular weight excluding hydrogens is 326 g/mol. The topological polar surface area (TPSA) is 47.4 Å². The standard InChI is InChI=1S/C18H20ClN3O2/c1-12-20-6-8-22(12)15-3-2-7-21(11-15)18(23)17-10-13-9-14(19)4-5-16(13)24-17/h4-6,8-9,15,17H,2-3,7,10-11H2,1H3/t15-,17+/m1/s1. The predicted octanol–water partition coefficient (Wildman–Crippen LogP) is 3.01. The number of carbonyl (C=O) groups excluding carboxylic acids is 1. The van der Waals surface area contributed by atoms with Gasteiger partial charge in [-0.15, -0.1) is 0 Å². The minimum atomic E-state index is -0.430. The molecule has 0 spiro atoms. The third-order valence-corrected chi connectivity index (χ3v) is 5.17. The lowest BCUT2D eigenvalue weighted by Gasteiger charge is -2.35. The van der Waals surface area contributed by atoms with E-state index in [2.05, 4.69) is 9.55 Å². The van der Waals surface area contributed by atoms with Gasteiger partial charge in [0.2, 0.25) is 0 Å². The molecule has 0 saturated carbocycles. The van der Waals surface area contributed by atoms with E-state index in [0.29, 0.717) is 24.0 Å². The summed E-state index contributed by atoms with van der Waals surface area (Å²) in [5.41, 5.74) is 1.01. The quantitative estimate of drug-likeness (QED) is 0.840. The number of ether oxygens (including phenoxy) is 1. The van der Waals surface area contributed by atoms with Crippen molar-refractivity contribution >= 4 is 17.5 Å². The molecular formula is C18H20ClN3O2. The van der Waals surface area contributed by atoms with Gasteiger partial charge in [-0.2, -0.15) is 0 Å². The van der Waals surface area contributed by atoms with Gasteiger partial charge in [0.25, 0.3) is 5.91 Å². The Morgan fingerprint density at radius 1 is 1.42 bits per heavy atom. The van der Waals surface area contributed by atoms with Crippen LogP contribution in [-0.2, 0) is 11.2 Å². The number of benzene rings is 1. The van der Waals surface area contributed by atoms with Gasteiger partial charge in [0.15, 0.2) is 6.10 Å². The number of fused-ring (bicyclic) bond motifs is 1. The smallest absolute Gasteiger partial charge is 0.264 e. The van der Waals surface area contributed by atoms with E-state index in [1.54, 1.807) is 6.07 Å². The Hall–Kier alpha value is -2.01. The van der Waals surface area contributed by atoms with Crippen molar-refractivity contribution < 1.29 is 9.53 Å². The molecule has 3 heterocycles. The number of aryl methyl sites for hydroxylation is 1. The Labute approximate surface area is 146 Å². The number of likely N-dealkylation sites (tertiary alicyclic amines) is 1. The third kappa shape index (κ3) is 2.77. The average molecular weight is 346 g/mol. The molecule has 126 valence electrons. The van der Waals surface area contributed by atoms with E-state index in [4.69, 9.17) is 16.3 Å². The first-order valence-electron chi connectivity index (χ1n) is 8.35. The lowest BCUT2D eigenvalue weighted by Crippen LogP contribution is -2.46. The summed E-state index contributed by atoms with van der Waals surface area (Å²) in [6, 6.07) is 5.83. The maximum absolute atomic E-state index is 12.9. The fraction of sp³-hybridized carbons (Fsp3) is 0.444. The summed E-state index contributed by atoms with van der Waals surface area (Å²) in [5, 5.41) is 0.680. The van der Waals surface area contributed by atoms with Crippen molar-refractivity contribution in [2.75, 3.05) is 13.1 Å². The molecule has 1 saturated heterocycles. The van der Waals surface area contributed by atoms with Crippen molar-refractivity contribution in [2.45, 2.75) is 38.3 Å². The molecule has 1 aromatic heterocycles. The Morgan fingerprint density at radius 3 is 3.08 bits per heavy atom. The molecule has 0 N–H and O–H groups in total. The summed E-state index contributed by atoms with van der Waals surface area (Å²) in [6.07, 6.45) is 6.05. The van der Waals surface area contributed by atoms with E-state index >= 15 is 0 Å². The lowest BCUT2D eigenvalue weighted by molar-refractivity contribution is -0.139. The van der Waals surface area contributed by atoms with Crippen molar-refractivity contribution in [2.24, 2.45) is 0 Å². The van der Waals surface area contributed by atoms with Gasteiger partial charge in [-0.05, 0) is 43.5 Å². The molecule has 6 heteroatoms. The number of hydrogen-bond acceptors (Lipinski definition) is 3. The fourth-order valence-electron chi connectivity index (χ4n) is 3.71. The zero-order valence-corrected chi connectivity index (χ0v) is 14.4. The maximum atomic E-state index is 12.9. The second-order valence-corrected chi connectivity index (χ2v) is 6.96. The molecule has 1 fully saturated rings. The van der Waals surface area contributed by atoms with Crippen molar-refractivity contribution in [3.63, 3.8) is 0 Å². The summed E-state index contributed by atoms with van der Waals surface area (Å²) in [7, 11) is 0. The third-order valence-electron chi connectivity index (χ3n) is 4.94. The normalized spacial score (nSPS) is 23.0. The number of rotatable bonds is 2. The summed E-state index contributed by atoms with van der Waals surface area (Å²) in [4.78, 5) is 19.1. The van der Waals surface area contributed by atoms with E-state index in [9.17, 15) is 4.79 Å². The van der Waals surface area contributed by atoms with Gasteiger partial charge in [0.05, 0.1) is 6.04 Å². The lowest BCUT2D eigenvalue weighted by atomic mass is 10.0. The highest BCUT2D eigenvalue weighted by Gasteiger charge is 2.35. The largest absolute Gasteiger partial charge is 0.480 e. The molecule has 5 nitrogen and oxygen atoms in total. The Bertz CT molecular complexity index is 773. The summed E-state index contributed by atoms with van der Waals surface area (Å²) >= 11 is 6.03. The van der Waals surface area contributed by atoms with Crippen LogP contribution in [-0.4, -0.2) is 39.6 Å². The van der Waals surface area contributed by atoms with Gasteiger partial charge >= 0.3 is 0 Å². The number of piperidine rings is 1. The number of imidazole rings is 1. The molecule has 2 aromatic rings. The molecule has 2 aliphatic heterocycles. The fourth-order valence-corrected chi connectivity index (χ4v) is 3.91. The first kappa shape index (κ1) is 15.5. The minimum Gasteiger partial charge on any atom is -0.480 e. The van der Waals surface area contributed by atoms with Gasteiger partial charge in [-0.25, -0.2) is 4.98 Å². The van der Waals surface area contributed by atoms with Gasteiger partial charge in [0.1, 0.15) is 11.6 Å². The summed E-state index contributed by atoms with van der Waals surface area (Å²) in [6.45, 7) is 3.51. The van der Waals surface area contributed by atoms with Crippen LogP contribution in [0.15, 0.2) is 30.6 Å². The molecule has 0 unspecified atom stereocenters. The molecule has 2 aliphatic rings. The van der Waals surface area contributed by atoms with E-state index < -0.39 is 6.10 Å². The van der Waals surface area contributed by atoms with Crippen LogP contribution in [0.2, 0.25) is 5.02 Å². The first-order valence-corrected chi connectivity index (χ1v) is 8.73.